The van der Waals surface area contributed by atoms with Crippen LogP contribution in [-0.4, -0.2) is 12.0 Å². The number of aromatic nitrogens is 1. The molecule has 3 rings (SSSR count). The molecule has 104 valence electrons. The number of hydrogen-bond acceptors (Lipinski definition) is 3. The molecule has 0 aliphatic carbocycles. The van der Waals surface area contributed by atoms with Gasteiger partial charge in [-0.05, 0) is 35.4 Å². The van der Waals surface area contributed by atoms with Crippen LogP contribution >= 0.6 is 0 Å². The minimum Gasteiger partial charge on any atom is -0.373 e. The second-order valence-corrected chi connectivity index (χ2v) is 4.73. The molecule has 0 radical (unpaired) electrons. The average Bonchev–Trinajstić information content (AvgIpc) is 2.56. The Bertz CT molecular complexity index is 706. The molecule has 0 atom stereocenters. The van der Waals surface area contributed by atoms with E-state index in [-0.39, 0.29) is 0 Å². The number of rotatable bonds is 4. The fourth-order valence-electron chi connectivity index (χ4n) is 2.17. The highest BCUT2D eigenvalue weighted by molar-refractivity contribution is 5.67. The molecule has 0 spiro atoms. The quantitative estimate of drug-likeness (QED) is 0.734. The topological polar surface area (TPSA) is 37.0 Å². The Morgan fingerprint density at radius 1 is 0.667 bits per heavy atom. The summed E-state index contributed by atoms with van der Waals surface area (Å²) in [6.45, 7) is 0. The Balaban J connectivity index is 1.78. The second kappa shape index (κ2) is 6.09. The number of hydrogen-bond donors (Lipinski definition) is 2. The average molecular weight is 275 g/mol. The predicted molar refractivity (Wildman–Crippen MR) is 88.9 cm³/mol. The number of nitrogens with one attached hydrogen (secondary N) is 2. The molecule has 0 unspecified atom stereocenters. The largest absolute Gasteiger partial charge is 0.373 e. The molecule has 0 bridgehead atoms. The minimum atomic E-state index is 0.828. The summed E-state index contributed by atoms with van der Waals surface area (Å²) in [5.41, 5.74) is 3.45. The Morgan fingerprint density at radius 3 is 2.05 bits per heavy atom. The maximum Gasteiger partial charge on any atom is 0.132 e. The molecule has 0 saturated carbocycles. The van der Waals surface area contributed by atoms with Crippen molar-refractivity contribution in [2.75, 3.05) is 17.7 Å². The molecule has 1 heterocycles. The Labute approximate surface area is 124 Å². The van der Waals surface area contributed by atoms with E-state index in [1.165, 1.54) is 11.1 Å². The van der Waals surface area contributed by atoms with E-state index in [9.17, 15) is 0 Å². The zero-order valence-electron chi connectivity index (χ0n) is 11.9. The van der Waals surface area contributed by atoms with Gasteiger partial charge >= 0.3 is 0 Å². The van der Waals surface area contributed by atoms with Crippen LogP contribution in [0.5, 0.6) is 0 Å². The highest BCUT2D eigenvalue weighted by Crippen LogP contribution is 2.22. The summed E-state index contributed by atoms with van der Waals surface area (Å²) in [7, 11) is 1.86. The summed E-state index contributed by atoms with van der Waals surface area (Å²) in [6.07, 6.45) is 0. The van der Waals surface area contributed by atoms with Crippen molar-refractivity contribution >= 4 is 17.3 Å². The third-order valence-electron chi connectivity index (χ3n) is 3.27. The van der Waals surface area contributed by atoms with Gasteiger partial charge in [-0.25, -0.2) is 4.98 Å². The van der Waals surface area contributed by atoms with Gasteiger partial charge in [0, 0.05) is 12.7 Å². The Kier molecular flexibility index (Phi) is 3.83. The van der Waals surface area contributed by atoms with Crippen molar-refractivity contribution in [3.63, 3.8) is 0 Å². The first-order chi connectivity index (χ1) is 10.3. The first kappa shape index (κ1) is 13.2. The van der Waals surface area contributed by atoms with E-state index in [2.05, 4.69) is 64.1 Å². The molecule has 0 fully saturated rings. The molecule has 2 N–H and O–H groups in total. The van der Waals surface area contributed by atoms with Crippen molar-refractivity contribution in [3.8, 4) is 11.1 Å². The third kappa shape index (κ3) is 3.20. The van der Waals surface area contributed by atoms with Gasteiger partial charge in [0.25, 0.3) is 0 Å². The fourth-order valence-corrected chi connectivity index (χ4v) is 2.17. The van der Waals surface area contributed by atoms with Crippen LogP contribution in [0.25, 0.3) is 11.1 Å². The van der Waals surface area contributed by atoms with Gasteiger partial charge in [-0.15, -0.1) is 0 Å². The van der Waals surface area contributed by atoms with Gasteiger partial charge in [0.2, 0.25) is 0 Å². The van der Waals surface area contributed by atoms with Crippen molar-refractivity contribution in [1.29, 1.82) is 0 Å². The number of nitrogens with zero attached hydrogens (tertiary/aromatic N) is 1. The van der Waals surface area contributed by atoms with Crippen molar-refractivity contribution in [3.05, 3.63) is 72.8 Å². The lowest BCUT2D eigenvalue weighted by Gasteiger charge is -2.08. The predicted octanol–water partition coefficient (Wildman–Crippen LogP) is 4.53. The van der Waals surface area contributed by atoms with Gasteiger partial charge in [0.05, 0.1) is 0 Å². The van der Waals surface area contributed by atoms with Crippen LogP contribution in [0.4, 0.5) is 17.3 Å². The molecule has 0 saturated heterocycles. The summed E-state index contributed by atoms with van der Waals surface area (Å²) >= 11 is 0. The van der Waals surface area contributed by atoms with Crippen molar-refractivity contribution in [2.45, 2.75) is 0 Å². The maximum absolute atomic E-state index is 4.44. The summed E-state index contributed by atoms with van der Waals surface area (Å²) in [6, 6.07) is 24.6. The summed E-state index contributed by atoms with van der Waals surface area (Å²) in [5, 5.41) is 6.34. The van der Waals surface area contributed by atoms with E-state index >= 15 is 0 Å². The summed E-state index contributed by atoms with van der Waals surface area (Å²) in [4.78, 5) is 4.44. The molecule has 21 heavy (non-hydrogen) atoms. The lowest BCUT2D eigenvalue weighted by molar-refractivity contribution is 1.28. The smallest absolute Gasteiger partial charge is 0.132 e. The van der Waals surface area contributed by atoms with Crippen molar-refractivity contribution in [2.24, 2.45) is 0 Å². The highest BCUT2D eigenvalue weighted by atomic mass is 15.0. The number of anilines is 3. The van der Waals surface area contributed by atoms with Gasteiger partial charge in [-0.2, -0.15) is 0 Å². The van der Waals surface area contributed by atoms with E-state index in [4.69, 9.17) is 0 Å². The highest BCUT2D eigenvalue weighted by Gasteiger charge is 1.99. The van der Waals surface area contributed by atoms with Crippen molar-refractivity contribution < 1.29 is 0 Å². The monoisotopic (exact) mass is 275 g/mol. The normalized spacial score (nSPS) is 10.1. The van der Waals surface area contributed by atoms with Gasteiger partial charge in [0.15, 0.2) is 0 Å². The molecule has 3 heteroatoms. The molecular formula is C18H17N3. The van der Waals surface area contributed by atoms with Crippen LogP contribution in [-0.2, 0) is 0 Å². The van der Waals surface area contributed by atoms with Gasteiger partial charge in [0.1, 0.15) is 11.6 Å². The molecule has 0 aliphatic heterocycles. The Hall–Kier alpha value is -2.81. The summed E-state index contributed by atoms with van der Waals surface area (Å²) in [5.74, 6) is 1.68. The summed E-state index contributed by atoms with van der Waals surface area (Å²) < 4.78 is 0. The van der Waals surface area contributed by atoms with Crippen LogP contribution in [0.3, 0.4) is 0 Å². The van der Waals surface area contributed by atoms with Crippen LogP contribution < -0.4 is 10.6 Å². The molecule has 3 nitrogen and oxygen atoms in total. The van der Waals surface area contributed by atoms with E-state index in [1.54, 1.807) is 0 Å². The van der Waals surface area contributed by atoms with E-state index in [0.29, 0.717) is 0 Å². The standard InChI is InChI=1S/C18H17N3/c1-19-17-8-5-9-18(21-17)20-16-12-10-15(11-13-16)14-6-3-2-4-7-14/h2-13H,1H3,(H2,19,20,21). The second-order valence-electron chi connectivity index (χ2n) is 4.73. The van der Waals surface area contributed by atoms with Crippen LogP contribution in [0, 0.1) is 0 Å². The van der Waals surface area contributed by atoms with Crippen LogP contribution in [0.15, 0.2) is 72.8 Å². The van der Waals surface area contributed by atoms with Gasteiger partial charge in [-0.1, -0.05) is 48.5 Å². The minimum absolute atomic E-state index is 0.828. The van der Waals surface area contributed by atoms with E-state index in [0.717, 1.165) is 17.3 Å². The number of pyridine rings is 1. The lowest BCUT2D eigenvalue weighted by Crippen LogP contribution is -1.97. The van der Waals surface area contributed by atoms with E-state index < -0.39 is 0 Å². The Morgan fingerprint density at radius 2 is 1.33 bits per heavy atom. The number of benzene rings is 2. The van der Waals surface area contributed by atoms with Crippen molar-refractivity contribution in [1.82, 2.24) is 4.98 Å². The van der Waals surface area contributed by atoms with Gasteiger partial charge in [-0.3, -0.25) is 0 Å². The molecule has 3 aromatic rings. The fraction of sp³-hybridized carbons (Fsp3) is 0.0556. The van der Waals surface area contributed by atoms with E-state index in [1.807, 2.05) is 31.3 Å². The maximum atomic E-state index is 4.44. The van der Waals surface area contributed by atoms with Crippen LogP contribution in [0.2, 0.25) is 0 Å². The third-order valence-corrected chi connectivity index (χ3v) is 3.27. The first-order valence-electron chi connectivity index (χ1n) is 6.92. The zero-order chi connectivity index (χ0) is 14.5. The van der Waals surface area contributed by atoms with Crippen LogP contribution in [0.1, 0.15) is 0 Å². The zero-order valence-corrected chi connectivity index (χ0v) is 11.9. The van der Waals surface area contributed by atoms with Gasteiger partial charge < -0.3 is 10.6 Å². The molecule has 1 aromatic heterocycles. The lowest BCUT2D eigenvalue weighted by atomic mass is 10.1. The molecule has 0 amide bonds. The molecule has 2 aromatic carbocycles. The molecular weight excluding hydrogens is 258 g/mol. The first-order valence-corrected chi connectivity index (χ1v) is 6.92. The molecule has 0 aliphatic rings. The SMILES string of the molecule is CNc1cccc(Nc2ccc(-c3ccccc3)cc2)n1.